The van der Waals surface area contributed by atoms with E-state index in [2.05, 4.69) is 31.5 Å². The van der Waals surface area contributed by atoms with Crippen LogP contribution in [0.5, 0.6) is 0 Å². The normalized spacial score (nSPS) is 12.4. The van der Waals surface area contributed by atoms with Gasteiger partial charge in [0.1, 0.15) is 5.82 Å². The van der Waals surface area contributed by atoms with Gasteiger partial charge in [-0.2, -0.15) is 0 Å². The van der Waals surface area contributed by atoms with Gasteiger partial charge in [-0.3, -0.25) is 4.98 Å². The SMILES string of the molecule is C=CCc1ccc(-c2ccc(/C=C/CCCC(C)OCCCCC)nc2)c(F)c1. The monoisotopic (exact) mass is 395 g/mol. The Hall–Kier alpha value is -2.26. The molecule has 3 heteroatoms. The summed E-state index contributed by atoms with van der Waals surface area (Å²) in [7, 11) is 0. The van der Waals surface area contributed by atoms with Crippen LogP contribution in [0.1, 0.15) is 63.6 Å². The van der Waals surface area contributed by atoms with E-state index in [1.807, 2.05) is 30.3 Å². The van der Waals surface area contributed by atoms with Gasteiger partial charge >= 0.3 is 0 Å². The minimum atomic E-state index is -0.222. The van der Waals surface area contributed by atoms with Crippen LogP contribution >= 0.6 is 0 Å². The highest BCUT2D eigenvalue weighted by atomic mass is 19.1. The standard InChI is InChI=1S/C26H34FNO/c1-4-6-10-18-29-21(3)12-8-7-9-13-24-16-15-23(20-28-24)25-17-14-22(11-5-2)19-26(25)27/h5,9,13-17,19-21H,2,4,6-8,10-12,18H2,1,3H3/b13-9+. The van der Waals surface area contributed by atoms with E-state index in [1.54, 1.807) is 18.3 Å². The molecule has 0 bridgehead atoms. The van der Waals surface area contributed by atoms with Gasteiger partial charge in [0.05, 0.1) is 11.8 Å². The van der Waals surface area contributed by atoms with E-state index >= 15 is 0 Å². The number of benzene rings is 1. The zero-order chi connectivity index (χ0) is 20.9. The molecule has 0 N–H and O–H groups in total. The molecule has 0 fully saturated rings. The summed E-state index contributed by atoms with van der Waals surface area (Å²) in [4.78, 5) is 4.45. The number of unbranched alkanes of at least 4 members (excludes halogenated alkanes) is 3. The molecule has 156 valence electrons. The van der Waals surface area contributed by atoms with Gasteiger partial charge in [-0.25, -0.2) is 4.39 Å². The number of nitrogens with zero attached hydrogens (tertiary/aromatic N) is 1. The van der Waals surface area contributed by atoms with Crippen molar-refractivity contribution < 1.29 is 9.13 Å². The van der Waals surface area contributed by atoms with Crippen molar-refractivity contribution in [3.05, 3.63) is 72.3 Å². The van der Waals surface area contributed by atoms with E-state index in [0.717, 1.165) is 49.1 Å². The Morgan fingerprint density at radius 3 is 2.72 bits per heavy atom. The topological polar surface area (TPSA) is 22.1 Å². The van der Waals surface area contributed by atoms with Crippen LogP contribution in [0.2, 0.25) is 0 Å². The van der Waals surface area contributed by atoms with E-state index in [0.29, 0.717) is 18.1 Å². The lowest BCUT2D eigenvalue weighted by Crippen LogP contribution is -2.08. The second kappa shape index (κ2) is 13.1. The van der Waals surface area contributed by atoms with Gasteiger partial charge < -0.3 is 4.74 Å². The van der Waals surface area contributed by atoms with E-state index in [4.69, 9.17) is 4.74 Å². The highest BCUT2D eigenvalue weighted by Crippen LogP contribution is 2.23. The predicted molar refractivity (Wildman–Crippen MR) is 121 cm³/mol. The molecular formula is C26H34FNO. The van der Waals surface area contributed by atoms with Crippen LogP contribution in [0.25, 0.3) is 17.2 Å². The lowest BCUT2D eigenvalue weighted by atomic mass is 10.0. The minimum Gasteiger partial charge on any atom is -0.379 e. The van der Waals surface area contributed by atoms with Crippen LogP contribution in [-0.4, -0.2) is 17.7 Å². The highest BCUT2D eigenvalue weighted by Gasteiger charge is 2.06. The van der Waals surface area contributed by atoms with Gasteiger partial charge in [0.25, 0.3) is 0 Å². The van der Waals surface area contributed by atoms with Crippen LogP contribution < -0.4 is 0 Å². The molecule has 2 aromatic rings. The molecule has 0 saturated carbocycles. The molecule has 1 aromatic heterocycles. The first-order chi connectivity index (χ1) is 14.1. The number of hydrogen-bond donors (Lipinski definition) is 0. The lowest BCUT2D eigenvalue weighted by molar-refractivity contribution is 0.0566. The first kappa shape index (κ1) is 23.0. The summed E-state index contributed by atoms with van der Waals surface area (Å²) in [6, 6.07) is 9.17. The van der Waals surface area contributed by atoms with Crippen molar-refractivity contribution in [3.63, 3.8) is 0 Å². The smallest absolute Gasteiger partial charge is 0.131 e. The molecule has 1 unspecified atom stereocenters. The Morgan fingerprint density at radius 1 is 1.17 bits per heavy atom. The Bertz CT molecular complexity index is 767. The molecule has 0 aliphatic carbocycles. The van der Waals surface area contributed by atoms with E-state index < -0.39 is 0 Å². The maximum atomic E-state index is 14.3. The predicted octanol–water partition coefficient (Wildman–Crippen LogP) is 7.40. The summed E-state index contributed by atoms with van der Waals surface area (Å²) in [5.41, 5.74) is 3.18. The molecule has 0 aliphatic rings. The average molecular weight is 396 g/mol. The third-order valence-electron chi connectivity index (χ3n) is 4.93. The van der Waals surface area contributed by atoms with E-state index in [-0.39, 0.29) is 5.82 Å². The van der Waals surface area contributed by atoms with Crippen LogP contribution in [0.3, 0.4) is 0 Å². The fraction of sp³-hybridized carbons (Fsp3) is 0.423. The number of rotatable bonds is 13. The second-order valence-corrected chi connectivity index (χ2v) is 7.50. The zero-order valence-electron chi connectivity index (χ0n) is 17.9. The maximum Gasteiger partial charge on any atom is 0.131 e. The van der Waals surface area contributed by atoms with Crippen molar-refractivity contribution in [2.45, 2.75) is 64.9 Å². The zero-order valence-corrected chi connectivity index (χ0v) is 17.9. The van der Waals surface area contributed by atoms with Gasteiger partial charge in [0.15, 0.2) is 0 Å². The molecule has 0 aliphatic heterocycles. The van der Waals surface area contributed by atoms with Gasteiger partial charge in [-0.1, -0.05) is 50.1 Å². The first-order valence-corrected chi connectivity index (χ1v) is 10.8. The highest BCUT2D eigenvalue weighted by molar-refractivity contribution is 5.64. The van der Waals surface area contributed by atoms with Crippen LogP contribution in [-0.2, 0) is 11.2 Å². The summed E-state index contributed by atoms with van der Waals surface area (Å²) < 4.78 is 20.2. The van der Waals surface area contributed by atoms with Crippen molar-refractivity contribution in [1.29, 1.82) is 0 Å². The van der Waals surface area contributed by atoms with Crippen LogP contribution in [0.15, 0.2) is 55.3 Å². The quantitative estimate of drug-likeness (QED) is 0.260. The van der Waals surface area contributed by atoms with E-state index in [1.165, 1.54) is 12.8 Å². The summed E-state index contributed by atoms with van der Waals surface area (Å²) in [5.74, 6) is -0.222. The Balaban J connectivity index is 1.78. The fourth-order valence-corrected chi connectivity index (χ4v) is 3.20. The molecule has 2 rings (SSSR count). The second-order valence-electron chi connectivity index (χ2n) is 7.50. The molecule has 2 nitrogen and oxygen atoms in total. The molecule has 29 heavy (non-hydrogen) atoms. The molecule has 1 aromatic carbocycles. The average Bonchev–Trinajstić information content (AvgIpc) is 2.72. The number of pyridine rings is 1. The molecular weight excluding hydrogens is 361 g/mol. The molecule has 0 spiro atoms. The maximum absolute atomic E-state index is 14.3. The molecule has 0 radical (unpaired) electrons. The molecule has 0 amide bonds. The van der Waals surface area contributed by atoms with Crippen molar-refractivity contribution in [3.8, 4) is 11.1 Å². The van der Waals surface area contributed by atoms with Crippen molar-refractivity contribution in [1.82, 2.24) is 4.98 Å². The Morgan fingerprint density at radius 2 is 2.03 bits per heavy atom. The minimum absolute atomic E-state index is 0.222. The summed E-state index contributed by atoms with van der Waals surface area (Å²) in [5, 5.41) is 0. The van der Waals surface area contributed by atoms with Crippen molar-refractivity contribution in [2.75, 3.05) is 6.61 Å². The lowest BCUT2D eigenvalue weighted by Gasteiger charge is -2.11. The Kier molecular flexibility index (Phi) is 10.4. The number of halogens is 1. The summed E-state index contributed by atoms with van der Waals surface area (Å²) in [6.07, 6.45) is 15.5. The van der Waals surface area contributed by atoms with Gasteiger partial charge in [-0.15, -0.1) is 6.58 Å². The third-order valence-corrected chi connectivity index (χ3v) is 4.93. The van der Waals surface area contributed by atoms with Gasteiger partial charge in [-0.05, 0) is 62.8 Å². The number of aromatic nitrogens is 1. The van der Waals surface area contributed by atoms with Crippen molar-refractivity contribution in [2.24, 2.45) is 0 Å². The van der Waals surface area contributed by atoms with Crippen LogP contribution in [0, 0.1) is 5.82 Å². The summed E-state index contributed by atoms with van der Waals surface area (Å²) >= 11 is 0. The fourth-order valence-electron chi connectivity index (χ4n) is 3.20. The molecule has 0 saturated heterocycles. The number of ether oxygens (including phenoxy) is 1. The third kappa shape index (κ3) is 8.33. The van der Waals surface area contributed by atoms with Gasteiger partial charge in [0, 0.05) is 23.9 Å². The summed E-state index contributed by atoms with van der Waals surface area (Å²) in [6.45, 7) is 8.93. The largest absolute Gasteiger partial charge is 0.379 e. The molecule has 1 atom stereocenters. The number of allylic oxidation sites excluding steroid dienone is 2. The van der Waals surface area contributed by atoms with Crippen LogP contribution in [0.4, 0.5) is 4.39 Å². The van der Waals surface area contributed by atoms with Crippen molar-refractivity contribution >= 4 is 6.08 Å². The van der Waals surface area contributed by atoms with E-state index in [9.17, 15) is 4.39 Å². The number of hydrogen-bond acceptors (Lipinski definition) is 2. The first-order valence-electron chi connectivity index (χ1n) is 10.8. The van der Waals surface area contributed by atoms with Gasteiger partial charge in [0.2, 0.25) is 0 Å². The Labute approximate surface area is 175 Å². The molecule has 1 heterocycles.